The molecule has 0 aliphatic rings. The Morgan fingerprint density at radius 1 is 1.17 bits per heavy atom. The first-order valence-electron chi connectivity index (χ1n) is 7.39. The van der Waals surface area contributed by atoms with Gasteiger partial charge in [0.1, 0.15) is 0 Å². The van der Waals surface area contributed by atoms with Crippen molar-refractivity contribution in [2.75, 3.05) is 7.11 Å². The number of rotatable bonds is 6. The molecule has 0 unspecified atom stereocenters. The lowest BCUT2D eigenvalue weighted by Crippen LogP contribution is -2.32. The summed E-state index contributed by atoms with van der Waals surface area (Å²) in [7, 11) is 1.48. The van der Waals surface area contributed by atoms with Gasteiger partial charge in [0.25, 0.3) is 5.91 Å². The van der Waals surface area contributed by atoms with E-state index >= 15 is 0 Å². The molecule has 0 spiro atoms. The zero-order valence-electron chi connectivity index (χ0n) is 13.1. The number of aryl methyl sites for hydroxylation is 1. The second kappa shape index (κ2) is 8.23. The van der Waals surface area contributed by atoms with Gasteiger partial charge in [-0.3, -0.25) is 4.79 Å². The number of amides is 1. The molecule has 0 heterocycles. The van der Waals surface area contributed by atoms with Crippen LogP contribution in [0.5, 0.6) is 5.75 Å². The Labute approximate surface area is 146 Å². The molecule has 122 valence electrons. The van der Waals surface area contributed by atoms with Gasteiger partial charge in [-0.05, 0) is 37.5 Å². The SMILES string of the molecule is COc1c(Cl)cc(C(=O)N[C@@H](C)CCc2ccccc2)cc1Cl. The number of carbonyl (C=O) groups excluding carboxylic acids is 1. The standard InChI is InChI=1S/C18H19Cl2NO2/c1-12(8-9-13-6-4-3-5-7-13)21-18(22)14-10-15(19)17(23-2)16(20)11-14/h3-7,10-12H,8-9H2,1-2H3,(H,21,22)/t12-/m0/s1. The Balaban J connectivity index is 1.96. The highest BCUT2D eigenvalue weighted by Crippen LogP contribution is 2.33. The quantitative estimate of drug-likeness (QED) is 0.815. The number of benzene rings is 2. The van der Waals surface area contributed by atoms with Crippen molar-refractivity contribution >= 4 is 29.1 Å². The molecule has 1 N–H and O–H groups in total. The third kappa shape index (κ3) is 4.88. The van der Waals surface area contributed by atoms with Crippen LogP contribution >= 0.6 is 23.2 Å². The average molecular weight is 352 g/mol. The van der Waals surface area contributed by atoms with Crippen LogP contribution in [0.3, 0.4) is 0 Å². The fraction of sp³-hybridized carbons (Fsp3) is 0.278. The normalized spacial score (nSPS) is 11.8. The van der Waals surface area contributed by atoms with Crippen molar-refractivity contribution in [2.24, 2.45) is 0 Å². The lowest BCUT2D eigenvalue weighted by atomic mass is 10.1. The summed E-state index contributed by atoms with van der Waals surface area (Å²) in [6, 6.07) is 13.3. The Morgan fingerprint density at radius 3 is 2.35 bits per heavy atom. The maximum atomic E-state index is 12.3. The van der Waals surface area contributed by atoms with E-state index in [1.807, 2.05) is 25.1 Å². The monoisotopic (exact) mass is 351 g/mol. The van der Waals surface area contributed by atoms with E-state index in [-0.39, 0.29) is 11.9 Å². The van der Waals surface area contributed by atoms with E-state index in [1.165, 1.54) is 12.7 Å². The Kier molecular flexibility index (Phi) is 6.31. The molecule has 0 saturated heterocycles. The minimum absolute atomic E-state index is 0.0439. The largest absolute Gasteiger partial charge is 0.494 e. The maximum absolute atomic E-state index is 12.3. The molecule has 0 aromatic heterocycles. The summed E-state index contributed by atoms with van der Waals surface area (Å²) in [6.07, 6.45) is 1.76. The molecule has 0 saturated carbocycles. The summed E-state index contributed by atoms with van der Waals surface area (Å²) < 4.78 is 5.08. The number of ether oxygens (including phenoxy) is 1. The van der Waals surface area contributed by atoms with Crippen LogP contribution < -0.4 is 10.1 Å². The van der Waals surface area contributed by atoms with Crippen LogP contribution in [0.4, 0.5) is 0 Å². The molecule has 5 heteroatoms. The fourth-order valence-corrected chi connectivity index (χ4v) is 2.93. The van der Waals surface area contributed by atoms with Gasteiger partial charge in [-0.25, -0.2) is 0 Å². The Hall–Kier alpha value is -1.71. The molecular formula is C18H19Cl2NO2. The fourth-order valence-electron chi connectivity index (χ4n) is 2.29. The van der Waals surface area contributed by atoms with Crippen molar-refractivity contribution in [3.05, 3.63) is 63.6 Å². The highest BCUT2D eigenvalue weighted by atomic mass is 35.5. The van der Waals surface area contributed by atoms with Gasteiger partial charge in [0.2, 0.25) is 0 Å². The molecule has 2 aromatic rings. The number of nitrogens with one attached hydrogen (secondary N) is 1. The van der Waals surface area contributed by atoms with Gasteiger partial charge in [-0.15, -0.1) is 0 Å². The van der Waals surface area contributed by atoms with Crippen LogP contribution in [0.25, 0.3) is 0 Å². The zero-order chi connectivity index (χ0) is 16.8. The minimum atomic E-state index is -0.197. The van der Waals surface area contributed by atoms with Crippen LogP contribution in [0, 0.1) is 0 Å². The first-order chi connectivity index (χ1) is 11.0. The number of halogens is 2. The van der Waals surface area contributed by atoms with E-state index < -0.39 is 0 Å². The smallest absolute Gasteiger partial charge is 0.251 e. The van der Waals surface area contributed by atoms with Crippen molar-refractivity contribution < 1.29 is 9.53 Å². The van der Waals surface area contributed by atoms with E-state index in [1.54, 1.807) is 12.1 Å². The van der Waals surface area contributed by atoms with Crippen LogP contribution in [-0.2, 0) is 6.42 Å². The predicted octanol–water partition coefficient (Wildman–Crippen LogP) is 4.75. The summed E-state index contributed by atoms with van der Waals surface area (Å²) in [5.74, 6) is 0.180. The summed E-state index contributed by atoms with van der Waals surface area (Å²) in [5, 5.41) is 3.60. The number of methoxy groups -OCH3 is 1. The third-order valence-electron chi connectivity index (χ3n) is 3.55. The lowest BCUT2D eigenvalue weighted by molar-refractivity contribution is 0.0938. The van der Waals surface area contributed by atoms with E-state index in [0.29, 0.717) is 21.4 Å². The van der Waals surface area contributed by atoms with Gasteiger partial charge >= 0.3 is 0 Å². The summed E-state index contributed by atoms with van der Waals surface area (Å²) in [4.78, 5) is 12.3. The summed E-state index contributed by atoms with van der Waals surface area (Å²) in [5.41, 5.74) is 1.68. The van der Waals surface area contributed by atoms with E-state index in [4.69, 9.17) is 27.9 Å². The topological polar surface area (TPSA) is 38.3 Å². The van der Waals surface area contributed by atoms with Gasteiger partial charge in [0.15, 0.2) is 5.75 Å². The predicted molar refractivity (Wildman–Crippen MR) is 94.7 cm³/mol. The van der Waals surface area contributed by atoms with Gasteiger partial charge in [-0.1, -0.05) is 53.5 Å². The van der Waals surface area contributed by atoms with E-state index in [9.17, 15) is 4.79 Å². The molecule has 0 bridgehead atoms. The van der Waals surface area contributed by atoms with Crippen molar-refractivity contribution in [1.82, 2.24) is 5.32 Å². The summed E-state index contributed by atoms with van der Waals surface area (Å²) in [6.45, 7) is 1.98. The van der Waals surface area contributed by atoms with Crippen molar-refractivity contribution in [1.29, 1.82) is 0 Å². The van der Waals surface area contributed by atoms with Crippen molar-refractivity contribution in [3.63, 3.8) is 0 Å². The molecule has 3 nitrogen and oxygen atoms in total. The molecule has 0 aliphatic heterocycles. The van der Waals surface area contributed by atoms with E-state index in [0.717, 1.165) is 12.8 Å². The third-order valence-corrected chi connectivity index (χ3v) is 4.11. The zero-order valence-corrected chi connectivity index (χ0v) is 14.6. The van der Waals surface area contributed by atoms with Crippen LogP contribution in [-0.4, -0.2) is 19.1 Å². The van der Waals surface area contributed by atoms with E-state index in [2.05, 4.69) is 17.4 Å². The molecule has 1 amide bonds. The molecule has 0 aliphatic carbocycles. The van der Waals surface area contributed by atoms with Gasteiger partial charge in [-0.2, -0.15) is 0 Å². The highest BCUT2D eigenvalue weighted by Gasteiger charge is 2.15. The molecule has 2 aromatic carbocycles. The average Bonchev–Trinajstić information content (AvgIpc) is 2.53. The van der Waals surface area contributed by atoms with Crippen LogP contribution in [0.1, 0.15) is 29.3 Å². The number of hydrogen-bond donors (Lipinski definition) is 1. The molecule has 0 fully saturated rings. The van der Waals surface area contributed by atoms with Crippen molar-refractivity contribution in [3.8, 4) is 5.75 Å². The highest BCUT2D eigenvalue weighted by molar-refractivity contribution is 6.37. The second-order valence-corrected chi connectivity index (χ2v) is 6.19. The van der Waals surface area contributed by atoms with Crippen molar-refractivity contribution in [2.45, 2.75) is 25.8 Å². The first-order valence-corrected chi connectivity index (χ1v) is 8.14. The lowest BCUT2D eigenvalue weighted by Gasteiger charge is -2.15. The number of hydrogen-bond acceptors (Lipinski definition) is 2. The second-order valence-electron chi connectivity index (χ2n) is 5.37. The molecule has 1 atom stereocenters. The Bertz CT molecular complexity index is 651. The van der Waals surface area contributed by atoms with Crippen LogP contribution in [0.15, 0.2) is 42.5 Å². The first kappa shape index (κ1) is 17.6. The molecule has 2 rings (SSSR count). The van der Waals surface area contributed by atoms with Gasteiger partial charge < -0.3 is 10.1 Å². The minimum Gasteiger partial charge on any atom is -0.494 e. The molecular weight excluding hydrogens is 333 g/mol. The maximum Gasteiger partial charge on any atom is 0.251 e. The number of carbonyl (C=O) groups is 1. The Morgan fingerprint density at radius 2 is 1.78 bits per heavy atom. The van der Waals surface area contributed by atoms with Gasteiger partial charge in [0.05, 0.1) is 17.2 Å². The van der Waals surface area contributed by atoms with Gasteiger partial charge in [0, 0.05) is 11.6 Å². The van der Waals surface area contributed by atoms with Crippen LogP contribution in [0.2, 0.25) is 10.0 Å². The molecule has 0 radical (unpaired) electrons. The summed E-state index contributed by atoms with van der Waals surface area (Å²) >= 11 is 12.1. The molecule has 23 heavy (non-hydrogen) atoms.